The van der Waals surface area contributed by atoms with Gasteiger partial charge in [0.25, 0.3) is 0 Å². The molecule has 4 nitrogen and oxygen atoms in total. The minimum Gasteiger partial charge on any atom is -0.482 e. The van der Waals surface area contributed by atoms with E-state index in [4.69, 9.17) is 21.1 Å². The minimum absolute atomic E-state index is 0.0970. The van der Waals surface area contributed by atoms with E-state index in [1.807, 2.05) is 26.8 Å². The zero-order valence-corrected chi connectivity index (χ0v) is 13.9. The molecule has 21 heavy (non-hydrogen) atoms. The van der Waals surface area contributed by atoms with Crippen LogP contribution in [0, 0.1) is 0 Å². The molecule has 0 spiro atoms. The molecule has 0 saturated heterocycles. The summed E-state index contributed by atoms with van der Waals surface area (Å²) >= 11 is 6.05. The summed E-state index contributed by atoms with van der Waals surface area (Å²) < 4.78 is 10.6. The smallest absolute Gasteiger partial charge is 0.344 e. The van der Waals surface area contributed by atoms with Gasteiger partial charge in [0.2, 0.25) is 0 Å². The van der Waals surface area contributed by atoms with Gasteiger partial charge in [0.1, 0.15) is 5.75 Å². The number of ether oxygens (including phenoxy) is 2. The first-order valence-electron chi connectivity index (χ1n) is 7.29. The minimum atomic E-state index is -0.375. The zero-order valence-electron chi connectivity index (χ0n) is 13.1. The van der Waals surface area contributed by atoms with Crippen molar-refractivity contribution in [2.45, 2.75) is 46.3 Å². The van der Waals surface area contributed by atoms with Crippen LogP contribution in [0.1, 0.15) is 45.7 Å². The van der Waals surface area contributed by atoms with Gasteiger partial charge in [-0.05, 0) is 51.9 Å². The molecule has 0 fully saturated rings. The maximum atomic E-state index is 11.6. The van der Waals surface area contributed by atoms with Crippen LogP contribution in [0.15, 0.2) is 18.2 Å². The lowest BCUT2D eigenvalue weighted by Crippen LogP contribution is -2.22. The number of rotatable bonds is 8. The monoisotopic (exact) mass is 313 g/mol. The van der Waals surface area contributed by atoms with Gasteiger partial charge in [0.15, 0.2) is 6.61 Å². The molecule has 0 radical (unpaired) electrons. The van der Waals surface area contributed by atoms with Crippen LogP contribution >= 0.6 is 11.6 Å². The first kappa shape index (κ1) is 17.8. The lowest BCUT2D eigenvalue weighted by atomic mass is 10.1. The fourth-order valence-electron chi connectivity index (χ4n) is 1.89. The van der Waals surface area contributed by atoms with Crippen molar-refractivity contribution in [1.82, 2.24) is 5.32 Å². The molecule has 0 aliphatic carbocycles. The molecule has 1 aromatic carbocycles. The van der Waals surface area contributed by atoms with E-state index in [1.165, 1.54) is 0 Å². The van der Waals surface area contributed by atoms with E-state index >= 15 is 0 Å². The number of hydrogen-bond donors (Lipinski definition) is 1. The highest BCUT2D eigenvalue weighted by atomic mass is 35.5. The van der Waals surface area contributed by atoms with Gasteiger partial charge in [0.05, 0.1) is 6.10 Å². The molecular weight excluding hydrogens is 290 g/mol. The average Bonchev–Trinajstić information content (AvgIpc) is 2.42. The molecule has 0 aliphatic heterocycles. The van der Waals surface area contributed by atoms with Crippen LogP contribution in [-0.2, 0) is 9.53 Å². The fraction of sp³-hybridized carbons (Fsp3) is 0.562. The van der Waals surface area contributed by atoms with Crippen LogP contribution < -0.4 is 10.1 Å². The summed E-state index contributed by atoms with van der Waals surface area (Å²) in [6.07, 6.45) is 0.901. The molecule has 0 saturated carbocycles. The Labute approximate surface area is 131 Å². The maximum Gasteiger partial charge on any atom is 0.344 e. The van der Waals surface area contributed by atoms with Crippen LogP contribution in [-0.4, -0.2) is 25.2 Å². The molecule has 0 amide bonds. The Balaban J connectivity index is 2.74. The van der Waals surface area contributed by atoms with Crippen LogP contribution in [0.25, 0.3) is 0 Å². The number of halogens is 1. The van der Waals surface area contributed by atoms with Gasteiger partial charge in [-0.3, -0.25) is 0 Å². The van der Waals surface area contributed by atoms with E-state index in [-0.39, 0.29) is 24.7 Å². The Kier molecular flexibility index (Phi) is 7.54. The topological polar surface area (TPSA) is 47.6 Å². The summed E-state index contributed by atoms with van der Waals surface area (Å²) in [4.78, 5) is 11.6. The predicted octanol–water partition coefficient (Wildman–Crippen LogP) is 3.73. The van der Waals surface area contributed by atoms with E-state index < -0.39 is 0 Å². The highest BCUT2D eigenvalue weighted by Gasteiger charge is 2.14. The van der Waals surface area contributed by atoms with E-state index in [0.29, 0.717) is 10.8 Å². The van der Waals surface area contributed by atoms with E-state index in [2.05, 4.69) is 12.2 Å². The van der Waals surface area contributed by atoms with Crippen molar-refractivity contribution in [3.8, 4) is 5.75 Å². The maximum absolute atomic E-state index is 11.6. The van der Waals surface area contributed by atoms with Crippen LogP contribution in [0.2, 0.25) is 5.02 Å². The predicted molar refractivity (Wildman–Crippen MR) is 84.9 cm³/mol. The zero-order chi connectivity index (χ0) is 15.8. The molecule has 1 aromatic rings. The molecule has 1 N–H and O–H groups in total. The highest BCUT2D eigenvalue weighted by Crippen LogP contribution is 2.28. The summed E-state index contributed by atoms with van der Waals surface area (Å²) in [6, 6.07) is 5.49. The third-order valence-electron chi connectivity index (χ3n) is 2.85. The molecule has 0 bridgehead atoms. The second kappa shape index (κ2) is 8.90. The van der Waals surface area contributed by atoms with E-state index in [9.17, 15) is 4.79 Å². The lowest BCUT2D eigenvalue weighted by molar-refractivity contribution is -0.149. The van der Waals surface area contributed by atoms with E-state index in [0.717, 1.165) is 18.5 Å². The Morgan fingerprint density at radius 3 is 2.67 bits per heavy atom. The lowest BCUT2D eigenvalue weighted by Gasteiger charge is -2.18. The van der Waals surface area contributed by atoms with Crippen molar-refractivity contribution in [2.24, 2.45) is 0 Å². The van der Waals surface area contributed by atoms with Crippen molar-refractivity contribution in [3.05, 3.63) is 28.8 Å². The summed E-state index contributed by atoms with van der Waals surface area (Å²) in [5, 5.41) is 4.03. The van der Waals surface area contributed by atoms with Gasteiger partial charge >= 0.3 is 5.97 Å². The first-order valence-corrected chi connectivity index (χ1v) is 7.67. The number of hydrogen-bond acceptors (Lipinski definition) is 4. The Bertz CT molecular complexity index is 463. The molecule has 1 rings (SSSR count). The number of benzene rings is 1. The first-order chi connectivity index (χ1) is 9.93. The molecule has 5 heteroatoms. The van der Waals surface area contributed by atoms with Crippen LogP contribution in [0.5, 0.6) is 5.75 Å². The number of esters is 1. The van der Waals surface area contributed by atoms with Gasteiger partial charge in [0, 0.05) is 16.6 Å². The Hall–Kier alpha value is -1.26. The second-order valence-corrected chi connectivity index (χ2v) is 5.62. The van der Waals surface area contributed by atoms with Gasteiger partial charge < -0.3 is 14.8 Å². The van der Waals surface area contributed by atoms with Crippen LogP contribution in [0.3, 0.4) is 0 Å². The normalized spacial score (nSPS) is 12.3. The molecular formula is C16H24ClNO3. The number of nitrogens with one attached hydrogen (secondary N) is 1. The third kappa shape index (κ3) is 6.36. The second-order valence-electron chi connectivity index (χ2n) is 5.19. The summed E-state index contributed by atoms with van der Waals surface area (Å²) in [5.74, 6) is 0.274. The summed E-state index contributed by atoms with van der Waals surface area (Å²) in [5.41, 5.74) is 0.938. The SMILES string of the molecule is CCCNC(C)c1cc(Cl)ccc1OCC(=O)OC(C)C. The van der Waals surface area contributed by atoms with Gasteiger partial charge in [-0.1, -0.05) is 18.5 Å². The quantitative estimate of drug-likeness (QED) is 0.743. The molecule has 0 aliphatic rings. The summed E-state index contributed by atoms with van der Waals surface area (Å²) in [7, 11) is 0. The molecule has 1 atom stereocenters. The van der Waals surface area contributed by atoms with Crippen molar-refractivity contribution in [3.63, 3.8) is 0 Å². The molecule has 1 unspecified atom stereocenters. The third-order valence-corrected chi connectivity index (χ3v) is 3.09. The fourth-order valence-corrected chi connectivity index (χ4v) is 2.07. The van der Waals surface area contributed by atoms with Crippen molar-refractivity contribution >= 4 is 17.6 Å². The largest absolute Gasteiger partial charge is 0.482 e. The van der Waals surface area contributed by atoms with E-state index in [1.54, 1.807) is 12.1 Å². The van der Waals surface area contributed by atoms with Crippen molar-refractivity contribution in [2.75, 3.05) is 13.2 Å². The van der Waals surface area contributed by atoms with Crippen LogP contribution in [0.4, 0.5) is 0 Å². The Morgan fingerprint density at radius 1 is 1.33 bits per heavy atom. The molecule has 118 valence electrons. The van der Waals surface area contributed by atoms with Crippen molar-refractivity contribution < 1.29 is 14.3 Å². The molecule has 0 aromatic heterocycles. The Morgan fingerprint density at radius 2 is 2.05 bits per heavy atom. The van der Waals surface area contributed by atoms with Gasteiger partial charge in [-0.2, -0.15) is 0 Å². The summed E-state index contributed by atoms with van der Waals surface area (Å²) in [6.45, 7) is 8.57. The highest BCUT2D eigenvalue weighted by molar-refractivity contribution is 6.30. The van der Waals surface area contributed by atoms with Crippen molar-refractivity contribution in [1.29, 1.82) is 0 Å². The molecule has 0 heterocycles. The average molecular weight is 314 g/mol. The standard InChI is InChI=1S/C16H24ClNO3/c1-5-8-18-12(4)14-9-13(17)6-7-15(14)20-10-16(19)21-11(2)3/h6-7,9,11-12,18H,5,8,10H2,1-4H3. The van der Waals surface area contributed by atoms with Gasteiger partial charge in [-0.25, -0.2) is 4.79 Å². The number of carbonyl (C=O) groups excluding carboxylic acids is 1. The number of carbonyl (C=O) groups is 1. The van der Waals surface area contributed by atoms with Gasteiger partial charge in [-0.15, -0.1) is 0 Å².